The SMILES string of the molecule is COCCCNC(=O)c1ccnc(Nc2ccc(C(C)C)cc2)c1. The third-order valence-corrected chi connectivity index (χ3v) is 3.68. The molecule has 2 aromatic rings. The zero-order chi connectivity index (χ0) is 17.4. The molecule has 1 aromatic carbocycles. The van der Waals surface area contributed by atoms with Gasteiger partial charge in [-0.15, -0.1) is 0 Å². The summed E-state index contributed by atoms with van der Waals surface area (Å²) in [7, 11) is 1.65. The van der Waals surface area contributed by atoms with Crippen molar-refractivity contribution in [3.63, 3.8) is 0 Å². The van der Waals surface area contributed by atoms with Gasteiger partial charge >= 0.3 is 0 Å². The minimum atomic E-state index is -0.105. The molecule has 0 unspecified atom stereocenters. The fourth-order valence-electron chi connectivity index (χ4n) is 2.26. The fourth-order valence-corrected chi connectivity index (χ4v) is 2.26. The molecule has 0 aliphatic rings. The Morgan fingerprint density at radius 1 is 1.21 bits per heavy atom. The molecule has 1 amide bonds. The van der Waals surface area contributed by atoms with E-state index in [2.05, 4.69) is 41.6 Å². The average molecular weight is 327 g/mol. The van der Waals surface area contributed by atoms with Gasteiger partial charge in [-0.2, -0.15) is 0 Å². The summed E-state index contributed by atoms with van der Waals surface area (Å²) < 4.78 is 4.97. The number of benzene rings is 1. The normalized spacial score (nSPS) is 10.7. The largest absolute Gasteiger partial charge is 0.385 e. The molecule has 5 nitrogen and oxygen atoms in total. The number of nitrogens with one attached hydrogen (secondary N) is 2. The summed E-state index contributed by atoms with van der Waals surface area (Å²) in [5.41, 5.74) is 2.82. The first-order valence-corrected chi connectivity index (χ1v) is 8.20. The van der Waals surface area contributed by atoms with Gasteiger partial charge in [-0.05, 0) is 42.2 Å². The van der Waals surface area contributed by atoms with Crippen LogP contribution in [0.2, 0.25) is 0 Å². The van der Waals surface area contributed by atoms with E-state index >= 15 is 0 Å². The molecule has 0 saturated carbocycles. The zero-order valence-electron chi connectivity index (χ0n) is 14.5. The molecule has 0 fully saturated rings. The maximum absolute atomic E-state index is 12.1. The maximum atomic E-state index is 12.1. The fraction of sp³-hybridized carbons (Fsp3) is 0.368. The van der Waals surface area contributed by atoms with Crippen molar-refractivity contribution >= 4 is 17.4 Å². The van der Waals surface area contributed by atoms with Gasteiger partial charge in [0.1, 0.15) is 5.82 Å². The van der Waals surface area contributed by atoms with Crippen LogP contribution in [0.3, 0.4) is 0 Å². The van der Waals surface area contributed by atoms with Gasteiger partial charge in [0.25, 0.3) is 5.91 Å². The first-order valence-electron chi connectivity index (χ1n) is 8.20. The predicted molar refractivity (Wildman–Crippen MR) is 96.9 cm³/mol. The van der Waals surface area contributed by atoms with E-state index < -0.39 is 0 Å². The lowest BCUT2D eigenvalue weighted by Crippen LogP contribution is -2.25. The summed E-state index contributed by atoms with van der Waals surface area (Å²) in [6.07, 6.45) is 2.43. The monoisotopic (exact) mass is 327 g/mol. The number of nitrogens with zero attached hydrogens (tertiary/aromatic N) is 1. The standard InChI is InChI=1S/C19H25N3O2/c1-14(2)15-5-7-17(8-6-15)22-18-13-16(9-11-20-18)19(23)21-10-4-12-24-3/h5-9,11,13-14H,4,10,12H2,1-3H3,(H,20,22)(H,21,23). The zero-order valence-corrected chi connectivity index (χ0v) is 14.5. The maximum Gasteiger partial charge on any atom is 0.251 e. The molecule has 0 spiro atoms. The number of hydrogen-bond donors (Lipinski definition) is 2. The van der Waals surface area contributed by atoms with Crippen molar-refractivity contribution in [1.82, 2.24) is 10.3 Å². The highest BCUT2D eigenvalue weighted by molar-refractivity contribution is 5.94. The first-order chi connectivity index (χ1) is 11.6. The van der Waals surface area contributed by atoms with E-state index in [0.717, 1.165) is 12.1 Å². The van der Waals surface area contributed by atoms with Crippen molar-refractivity contribution in [3.8, 4) is 0 Å². The van der Waals surface area contributed by atoms with Crippen LogP contribution < -0.4 is 10.6 Å². The lowest BCUT2D eigenvalue weighted by Gasteiger charge is -2.10. The number of carbonyl (C=O) groups is 1. The first kappa shape index (κ1) is 17.9. The number of amides is 1. The summed E-state index contributed by atoms with van der Waals surface area (Å²) in [5.74, 6) is 1.05. The highest BCUT2D eigenvalue weighted by Gasteiger charge is 2.07. The van der Waals surface area contributed by atoms with Crippen LogP contribution in [0.15, 0.2) is 42.6 Å². The molecule has 1 heterocycles. The van der Waals surface area contributed by atoms with Crippen LogP contribution in [-0.4, -0.2) is 31.2 Å². The molecule has 0 saturated heterocycles. The van der Waals surface area contributed by atoms with Crippen molar-refractivity contribution in [2.24, 2.45) is 0 Å². The molecule has 2 N–H and O–H groups in total. The Bertz CT molecular complexity index is 654. The second kappa shape index (κ2) is 9.03. The molecule has 0 radical (unpaired) electrons. The van der Waals surface area contributed by atoms with Crippen LogP contribution in [0.4, 0.5) is 11.5 Å². The highest BCUT2D eigenvalue weighted by Crippen LogP contribution is 2.20. The van der Waals surface area contributed by atoms with Crippen LogP contribution in [0.5, 0.6) is 0 Å². The number of methoxy groups -OCH3 is 1. The molecule has 0 bridgehead atoms. The van der Waals surface area contributed by atoms with Gasteiger partial charge < -0.3 is 15.4 Å². The van der Waals surface area contributed by atoms with Gasteiger partial charge in [0.05, 0.1) is 0 Å². The van der Waals surface area contributed by atoms with Gasteiger partial charge in [-0.3, -0.25) is 4.79 Å². The third kappa shape index (κ3) is 5.35. The minimum absolute atomic E-state index is 0.105. The van der Waals surface area contributed by atoms with Crippen molar-refractivity contribution in [2.45, 2.75) is 26.2 Å². The van der Waals surface area contributed by atoms with Gasteiger partial charge in [-0.25, -0.2) is 4.98 Å². The highest BCUT2D eigenvalue weighted by atomic mass is 16.5. The van der Waals surface area contributed by atoms with Crippen molar-refractivity contribution in [2.75, 3.05) is 25.6 Å². The van der Waals surface area contributed by atoms with Crippen molar-refractivity contribution in [3.05, 3.63) is 53.7 Å². The molecule has 0 atom stereocenters. The van der Waals surface area contributed by atoms with E-state index in [9.17, 15) is 4.79 Å². The molecular formula is C19H25N3O2. The smallest absolute Gasteiger partial charge is 0.251 e. The lowest BCUT2D eigenvalue weighted by atomic mass is 10.0. The van der Waals surface area contributed by atoms with E-state index in [-0.39, 0.29) is 5.91 Å². The Labute approximate surface area is 143 Å². The van der Waals surface area contributed by atoms with E-state index in [4.69, 9.17) is 4.74 Å². The van der Waals surface area contributed by atoms with Gasteiger partial charge in [-0.1, -0.05) is 26.0 Å². The number of carbonyl (C=O) groups excluding carboxylic acids is 1. The van der Waals surface area contributed by atoms with E-state index in [1.165, 1.54) is 5.56 Å². The van der Waals surface area contributed by atoms with E-state index in [1.807, 2.05) is 12.1 Å². The molecule has 0 aliphatic heterocycles. The van der Waals surface area contributed by atoms with E-state index in [0.29, 0.717) is 30.5 Å². The molecule has 5 heteroatoms. The molecule has 2 rings (SSSR count). The van der Waals surface area contributed by atoms with Crippen LogP contribution in [0.1, 0.15) is 42.1 Å². The van der Waals surface area contributed by atoms with Crippen LogP contribution in [0.25, 0.3) is 0 Å². The topological polar surface area (TPSA) is 63.2 Å². The molecule has 1 aromatic heterocycles. The Morgan fingerprint density at radius 3 is 2.62 bits per heavy atom. The minimum Gasteiger partial charge on any atom is -0.385 e. The molecular weight excluding hydrogens is 302 g/mol. The number of ether oxygens (including phenoxy) is 1. The number of rotatable bonds is 8. The molecule has 0 aliphatic carbocycles. The van der Waals surface area contributed by atoms with Crippen LogP contribution in [-0.2, 0) is 4.74 Å². The summed E-state index contributed by atoms with van der Waals surface area (Å²) in [5, 5.41) is 6.10. The summed E-state index contributed by atoms with van der Waals surface area (Å²) in [6.45, 7) is 5.56. The Hall–Kier alpha value is -2.40. The Balaban J connectivity index is 1.98. The molecule has 24 heavy (non-hydrogen) atoms. The number of anilines is 2. The molecule has 128 valence electrons. The van der Waals surface area contributed by atoms with Gasteiger partial charge in [0, 0.05) is 37.7 Å². The van der Waals surface area contributed by atoms with Crippen LogP contribution in [0, 0.1) is 0 Å². The van der Waals surface area contributed by atoms with Crippen LogP contribution >= 0.6 is 0 Å². The Morgan fingerprint density at radius 2 is 1.96 bits per heavy atom. The quantitative estimate of drug-likeness (QED) is 0.726. The number of pyridine rings is 1. The van der Waals surface area contributed by atoms with Crippen molar-refractivity contribution < 1.29 is 9.53 Å². The predicted octanol–water partition coefficient (Wildman–Crippen LogP) is 3.71. The second-order valence-electron chi connectivity index (χ2n) is 5.93. The summed E-state index contributed by atoms with van der Waals surface area (Å²) in [4.78, 5) is 16.4. The summed E-state index contributed by atoms with van der Waals surface area (Å²) >= 11 is 0. The van der Waals surface area contributed by atoms with Gasteiger partial charge in [0.15, 0.2) is 0 Å². The second-order valence-corrected chi connectivity index (χ2v) is 5.93. The summed E-state index contributed by atoms with van der Waals surface area (Å²) in [6, 6.07) is 11.7. The average Bonchev–Trinajstić information content (AvgIpc) is 2.59. The van der Waals surface area contributed by atoms with Gasteiger partial charge in [0.2, 0.25) is 0 Å². The lowest BCUT2D eigenvalue weighted by molar-refractivity contribution is 0.0948. The Kier molecular flexibility index (Phi) is 6.75. The number of aromatic nitrogens is 1. The number of hydrogen-bond acceptors (Lipinski definition) is 4. The third-order valence-electron chi connectivity index (χ3n) is 3.68. The van der Waals surface area contributed by atoms with E-state index in [1.54, 1.807) is 25.4 Å². The van der Waals surface area contributed by atoms with Crippen molar-refractivity contribution in [1.29, 1.82) is 0 Å².